The van der Waals surface area contributed by atoms with E-state index in [1.807, 2.05) is 6.07 Å². The number of urea groups is 1. The van der Waals surface area contributed by atoms with Crippen molar-refractivity contribution in [2.75, 3.05) is 10.6 Å². The smallest absolute Gasteiger partial charge is 0.358 e. The second kappa shape index (κ2) is 7.93. The number of carboxylic acids is 1. The van der Waals surface area contributed by atoms with Crippen molar-refractivity contribution in [1.29, 1.82) is 5.26 Å². The zero-order valence-electron chi connectivity index (χ0n) is 14.6. The summed E-state index contributed by atoms with van der Waals surface area (Å²) in [4.78, 5) is 41.1. The molecule has 1 aromatic heterocycles. The van der Waals surface area contributed by atoms with Crippen molar-refractivity contribution in [3.8, 4) is 23.2 Å². The first-order valence-electron chi connectivity index (χ1n) is 8.12. The molecule has 0 aliphatic rings. The molecule has 0 saturated heterocycles. The molecule has 0 bridgehead atoms. The van der Waals surface area contributed by atoms with Gasteiger partial charge in [-0.1, -0.05) is 18.2 Å². The number of H-pyrrole nitrogens is 1. The molecule has 144 valence electrons. The number of carboxylic acid groups (broad SMARTS) is 1. The highest BCUT2D eigenvalue weighted by Gasteiger charge is 2.17. The molecular weight excluding hydrogens is 378 g/mol. The first-order chi connectivity index (χ1) is 13.9. The number of aromatic carboxylic acids is 1. The second-order valence-electron chi connectivity index (χ2n) is 5.77. The van der Waals surface area contributed by atoms with Crippen LogP contribution in [-0.2, 0) is 0 Å². The Kier molecular flexibility index (Phi) is 5.23. The molecule has 1 heterocycles. The van der Waals surface area contributed by atoms with Crippen LogP contribution in [0.25, 0.3) is 11.4 Å². The molecule has 2 amide bonds. The van der Waals surface area contributed by atoms with Gasteiger partial charge in [0, 0.05) is 16.9 Å². The largest absolute Gasteiger partial charge is 0.501 e. The lowest BCUT2D eigenvalue weighted by atomic mass is 10.2. The summed E-state index contributed by atoms with van der Waals surface area (Å²) < 4.78 is 0. The molecule has 0 aliphatic carbocycles. The number of rotatable bonds is 4. The van der Waals surface area contributed by atoms with Crippen LogP contribution in [0.3, 0.4) is 0 Å². The Hall–Kier alpha value is -4.65. The fourth-order valence-electron chi connectivity index (χ4n) is 2.46. The Morgan fingerprint density at radius 3 is 2.38 bits per heavy atom. The van der Waals surface area contributed by atoms with Crippen molar-refractivity contribution in [1.82, 2.24) is 9.97 Å². The lowest BCUT2D eigenvalue weighted by molar-refractivity contribution is 0.0686. The van der Waals surface area contributed by atoms with E-state index in [1.54, 1.807) is 36.4 Å². The monoisotopic (exact) mass is 391 g/mol. The summed E-state index contributed by atoms with van der Waals surface area (Å²) in [6.45, 7) is 0. The summed E-state index contributed by atoms with van der Waals surface area (Å²) in [5, 5.41) is 32.6. The van der Waals surface area contributed by atoms with E-state index in [4.69, 9.17) is 10.4 Å². The van der Waals surface area contributed by atoms with Crippen LogP contribution in [0.15, 0.2) is 53.3 Å². The SMILES string of the molecule is N#Cc1cccc(NC(=O)Nc2cccc(-c3nc(C(=O)O)c(O)c(=O)[nH]3)c2)c1. The van der Waals surface area contributed by atoms with E-state index < -0.39 is 29.0 Å². The molecule has 29 heavy (non-hydrogen) atoms. The average Bonchev–Trinajstić information content (AvgIpc) is 2.70. The summed E-state index contributed by atoms with van der Waals surface area (Å²) in [5.41, 5.74) is -0.314. The summed E-state index contributed by atoms with van der Waals surface area (Å²) in [7, 11) is 0. The number of benzene rings is 2. The topological polar surface area (TPSA) is 168 Å². The number of aromatic amines is 1. The molecule has 0 radical (unpaired) electrons. The maximum absolute atomic E-state index is 12.2. The van der Waals surface area contributed by atoms with Crippen LogP contribution in [0.1, 0.15) is 16.1 Å². The fourth-order valence-corrected chi connectivity index (χ4v) is 2.46. The Morgan fingerprint density at radius 2 is 1.72 bits per heavy atom. The number of carbonyl (C=O) groups is 2. The molecule has 10 heteroatoms. The summed E-state index contributed by atoms with van der Waals surface area (Å²) >= 11 is 0. The Morgan fingerprint density at radius 1 is 1.07 bits per heavy atom. The summed E-state index contributed by atoms with van der Waals surface area (Å²) in [6.07, 6.45) is 0. The highest BCUT2D eigenvalue weighted by Crippen LogP contribution is 2.21. The van der Waals surface area contributed by atoms with E-state index in [1.165, 1.54) is 12.1 Å². The quantitative estimate of drug-likeness (QED) is 0.455. The van der Waals surface area contributed by atoms with E-state index in [0.717, 1.165) is 0 Å². The highest BCUT2D eigenvalue weighted by molar-refractivity contribution is 6.00. The van der Waals surface area contributed by atoms with Crippen molar-refractivity contribution >= 4 is 23.4 Å². The maximum atomic E-state index is 12.2. The van der Waals surface area contributed by atoms with Gasteiger partial charge < -0.3 is 25.8 Å². The fraction of sp³-hybridized carbons (Fsp3) is 0. The molecule has 0 aliphatic heterocycles. The van der Waals surface area contributed by atoms with Crippen molar-refractivity contribution in [3.05, 3.63) is 70.1 Å². The first kappa shape index (κ1) is 19.1. The second-order valence-corrected chi connectivity index (χ2v) is 5.77. The maximum Gasteiger partial charge on any atom is 0.358 e. The number of hydrogen-bond acceptors (Lipinski definition) is 6. The lowest BCUT2D eigenvalue weighted by Crippen LogP contribution is -2.19. The van der Waals surface area contributed by atoms with Crippen LogP contribution in [0.4, 0.5) is 16.2 Å². The third-order valence-corrected chi connectivity index (χ3v) is 3.74. The molecule has 3 rings (SSSR count). The van der Waals surface area contributed by atoms with Gasteiger partial charge in [0.2, 0.25) is 5.75 Å². The van der Waals surface area contributed by atoms with Crippen LogP contribution >= 0.6 is 0 Å². The number of nitrogens with one attached hydrogen (secondary N) is 3. The van der Waals surface area contributed by atoms with Gasteiger partial charge in [-0.15, -0.1) is 0 Å². The summed E-state index contributed by atoms with van der Waals surface area (Å²) in [5.74, 6) is -2.63. The van der Waals surface area contributed by atoms with E-state index in [9.17, 15) is 19.5 Å². The van der Waals surface area contributed by atoms with E-state index in [2.05, 4.69) is 20.6 Å². The first-order valence-corrected chi connectivity index (χ1v) is 8.12. The molecule has 0 unspecified atom stereocenters. The van der Waals surface area contributed by atoms with Gasteiger partial charge in [0.15, 0.2) is 5.69 Å². The van der Waals surface area contributed by atoms with Crippen molar-refractivity contribution in [2.45, 2.75) is 0 Å². The van der Waals surface area contributed by atoms with Gasteiger partial charge in [-0.25, -0.2) is 14.6 Å². The Balaban J connectivity index is 1.83. The molecule has 2 aromatic carbocycles. The minimum atomic E-state index is -1.55. The molecule has 0 saturated carbocycles. The van der Waals surface area contributed by atoms with E-state index >= 15 is 0 Å². The number of carbonyl (C=O) groups excluding carboxylic acids is 1. The molecule has 5 N–H and O–H groups in total. The number of aromatic nitrogens is 2. The number of amides is 2. The Bertz CT molecular complexity index is 1210. The number of anilines is 2. The summed E-state index contributed by atoms with van der Waals surface area (Å²) in [6, 6.07) is 13.9. The van der Waals surface area contributed by atoms with Gasteiger partial charge in [-0.05, 0) is 30.3 Å². The van der Waals surface area contributed by atoms with Gasteiger partial charge in [-0.2, -0.15) is 5.26 Å². The predicted octanol–water partition coefficient (Wildman–Crippen LogP) is 2.36. The number of hydrogen-bond donors (Lipinski definition) is 5. The number of aromatic hydroxyl groups is 1. The van der Waals surface area contributed by atoms with E-state index in [0.29, 0.717) is 22.5 Å². The van der Waals surface area contributed by atoms with Gasteiger partial charge in [0.05, 0.1) is 11.6 Å². The Labute approximate surface area is 163 Å². The molecule has 10 nitrogen and oxygen atoms in total. The third kappa shape index (κ3) is 4.37. The van der Waals surface area contributed by atoms with Crippen molar-refractivity contribution in [2.24, 2.45) is 0 Å². The van der Waals surface area contributed by atoms with Gasteiger partial charge in [0.25, 0.3) is 5.56 Å². The zero-order valence-corrected chi connectivity index (χ0v) is 14.6. The predicted molar refractivity (Wildman–Crippen MR) is 103 cm³/mol. The molecule has 0 atom stereocenters. The van der Waals surface area contributed by atoms with Crippen LogP contribution in [0, 0.1) is 11.3 Å². The van der Waals surface area contributed by atoms with Gasteiger partial charge in [-0.3, -0.25) is 4.79 Å². The van der Waals surface area contributed by atoms with Crippen LogP contribution in [0.5, 0.6) is 5.75 Å². The minimum Gasteiger partial charge on any atom is -0.501 e. The lowest BCUT2D eigenvalue weighted by Gasteiger charge is -2.09. The van der Waals surface area contributed by atoms with Crippen molar-refractivity contribution < 1.29 is 19.8 Å². The van der Waals surface area contributed by atoms with Crippen LogP contribution in [-0.4, -0.2) is 32.2 Å². The van der Waals surface area contributed by atoms with Crippen LogP contribution < -0.4 is 16.2 Å². The van der Waals surface area contributed by atoms with Crippen molar-refractivity contribution in [3.63, 3.8) is 0 Å². The van der Waals surface area contributed by atoms with E-state index in [-0.39, 0.29) is 5.82 Å². The highest BCUT2D eigenvalue weighted by atomic mass is 16.4. The zero-order chi connectivity index (χ0) is 21.0. The normalized spacial score (nSPS) is 10.0. The van der Waals surface area contributed by atoms with Gasteiger partial charge >= 0.3 is 12.0 Å². The molecule has 0 spiro atoms. The minimum absolute atomic E-state index is 0.0871. The molecule has 3 aromatic rings. The molecule has 0 fully saturated rings. The number of nitriles is 1. The van der Waals surface area contributed by atoms with Crippen LogP contribution in [0.2, 0.25) is 0 Å². The third-order valence-electron chi connectivity index (χ3n) is 3.74. The average molecular weight is 391 g/mol. The molecular formula is C19H13N5O5. The standard InChI is InChI=1S/C19H13N5O5/c20-9-10-3-1-5-12(7-10)21-19(29)22-13-6-2-4-11(8-13)16-23-14(18(27)28)15(25)17(26)24-16/h1-8,25H,(H,27,28)(H2,21,22,29)(H,23,24,26). The van der Waals surface area contributed by atoms with Gasteiger partial charge in [0.1, 0.15) is 5.82 Å². The number of nitrogens with zero attached hydrogens (tertiary/aromatic N) is 2.